The molecule has 0 unspecified atom stereocenters. The molecular weight excluding hydrogens is 449 g/mol. The number of hydrogen-bond donors (Lipinski definition) is 2. The first kappa shape index (κ1) is 26.7. The Bertz CT molecular complexity index is 677. The summed E-state index contributed by atoms with van der Waals surface area (Å²) in [7, 11) is 0. The van der Waals surface area contributed by atoms with Crippen molar-refractivity contribution in [3.63, 3.8) is 0 Å². The fourth-order valence-electron chi connectivity index (χ4n) is 1.85. The Morgan fingerprint density at radius 3 is 1.17 bits per heavy atom. The van der Waals surface area contributed by atoms with Crippen LogP contribution in [0.15, 0.2) is 85.0 Å². The van der Waals surface area contributed by atoms with Crippen LogP contribution in [-0.4, -0.2) is 10.2 Å². The Morgan fingerprint density at radius 1 is 0.655 bits per heavy atom. The molecule has 2 aliphatic carbocycles. The maximum Gasteiger partial charge on any atom is 2.00 e. The smallest absolute Gasteiger partial charge is 0.508 e. The molecule has 0 bridgehead atoms. The molecule has 2 nitrogen and oxygen atoms in total. The van der Waals surface area contributed by atoms with E-state index in [4.69, 9.17) is 10.2 Å². The van der Waals surface area contributed by atoms with E-state index in [1.54, 1.807) is 24.3 Å². The largest absolute Gasteiger partial charge is 2.00 e. The summed E-state index contributed by atoms with van der Waals surface area (Å²) >= 11 is 0. The molecule has 0 aliphatic heterocycles. The second-order valence-electron chi connectivity index (χ2n) is 5.61. The van der Waals surface area contributed by atoms with E-state index in [1.165, 1.54) is 24.3 Å². The molecule has 0 saturated carbocycles. The van der Waals surface area contributed by atoms with Gasteiger partial charge in [0, 0.05) is 0 Å². The molecule has 0 atom stereocenters. The van der Waals surface area contributed by atoms with Crippen LogP contribution in [0.5, 0.6) is 11.5 Å². The zero-order valence-corrected chi connectivity index (χ0v) is 18.5. The summed E-state index contributed by atoms with van der Waals surface area (Å²) < 4.78 is 23.6. The first-order valence-corrected chi connectivity index (χ1v) is 8.77. The Balaban J connectivity index is 0.000000369. The van der Waals surface area contributed by atoms with E-state index >= 15 is 0 Å². The molecule has 2 N–H and O–H groups in total. The van der Waals surface area contributed by atoms with Gasteiger partial charge in [-0.3, -0.25) is 12.2 Å². The number of benzene rings is 2. The van der Waals surface area contributed by atoms with Crippen LogP contribution in [0.25, 0.3) is 0 Å². The Morgan fingerprint density at radius 2 is 1.00 bits per heavy atom. The summed E-state index contributed by atoms with van der Waals surface area (Å²) in [6.07, 6.45) is 20.0. The van der Waals surface area contributed by atoms with Crippen LogP contribution in [0, 0.1) is 12.2 Å². The standard InChI is InChI=1S/2C7H7FO.2C5H5.Zr/c2*8-5-6-1-3-7(9)4-2-6;2*1-2-4-5-3-1;/h2*1-4,9H,5H2;2*1-3H,4H2;/q;;2*-1;+2. The summed E-state index contributed by atoms with van der Waals surface area (Å²) in [5.41, 5.74) is 1.18. The van der Waals surface area contributed by atoms with E-state index < -0.39 is 13.3 Å². The SMILES string of the molecule is Oc1ccc(CF)cc1.Oc1ccc(CF)cc1.[C-]1=CC=CC1.[C-]1=CC=CC1.[Zr+2]. The van der Waals surface area contributed by atoms with Crippen molar-refractivity contribution in [1.82, 2.24) is 0 Å². The van der Waals surface area contributed by atoms with Crippen molar-refractivity contribution < 1.29 is 45.2 Å². The van der Waals surface area contributed by atoms with Crippen LogP contribution < -0.4 is 0 Å². The third kappa shape index (κ3) is 14.4. The van der Waals surface area contributed by atoms with E-state index in [-0.39, 0.29) is 37.7 Å². The van der Waals surface area contributed by atoms with Crippen LogP contribution in [-0.2, 0) is 39.6 Å². The summed E-state index contributed by atoms with van der Waals surface area (Å²) in [6, 6.07) is 12.1. The number of rotatable bonds is 2. The molecule has 0 aromatic heterocycles. The van der Waals surface area contributed by atoms with Gasteiger partial charge in [0.1, 0.15) is 24.8 Å². The second-order valence-corrected chi connectivity index (χ2v) is 5.61. The summed E-state index contributed by atoms with van der Waals surface area (Å²) in [6.45, 7) is -0.944. The molecule has 2 aromatic rings. The first-order valence-electron chi connectivity index (χ1n) is 8.77. The molecule has 0 fully saturated rings. The van der Waals surface area contributed by atoms with Crippen LogP contribution in [0.1, 0.15) is 24.0 Å². The van der Waals surface area contributed by atoms with Gasteiger partial charge in [-0.25, -0.2) is 33.1 Å². The summed E-state index contributed by atoms with van der Waals surface area (Å²) in [4.78, 5) is 0. The second kappa shape index (κ2) is 17.8. The maximum absolute atomic E-state index is 11.8. The molecule has 0 saturated heterocycles. The fourth-order valence-corrected chi connectivity index (χ4v) is 1.85. The number of halogens is 2. The molecular formula is C24H24F2O2Zr. The van der Waals surface area contributed by atoms with Gasteiger partial charge in [0.25, 0.3) is 0 Å². The van der Waals surface area contributed by atoms with E-state index in [0.717, 1.165) is 12.8 Å². The van der Waals surface area contributed by atoms with Crippen molar-refractivity contribution in [3.05, 3.63) is 108 Å². The molecule has 0 spiro atoms. The van der Waals surface area contributed by atoms with Crippen LogP contribution in [0.4, 0.5) is 8.78 Å². The van der Waals surface area contributed by atoms with Gasteiger partial charge in [-0.2, -0.15) is 12.2 Å². The van der Waals surface area contributed by atoms with Crippen LogP contribution >= 0.6 is 0 Å². The first-order chi connectivity index (χ1) is 13.7. The average Bonchev–Trinajstić information content (AvgIpc) is 3.48. The molecule has 150 valence electrons. The molecule has 2 aromatic carbocycles. The predicted molar refractivity (Wildman–Crippen MR) is 109 cm³/mol. The molecule has 0 amide bonds. The quantitative estimate of drug-likeness (QED) is 0.500. The molecule has 4 rings (SSSR count). The molecule has 5 heteroatoms. The third-order valence-corrected chi connectivity index (χ3v) is 3.35. The molecule has 0 radical (unpaired) electrons. The monoisotopic (exact) mass is 472 g/mol. The number of allylic oxidation sites excluding steroid dienone is 8. The van der Waals surface area contributed by atoms with Gasteiger partial charge in [0.2, 0.25) is 0 Å². The van der Waals surface area contributed by atoms with E-state index in [0.29, 0.717) is 11.1 Å². The average molecular weight is 474 g/mol. The molecule has 29 heavy (non-hydrogen) atoms. The van der Waals surface area contributed by atoms with Crippen LogP contribution in [0.2, 0.25) is 0 Å². The fraction of sp³-hybridized carbons (Fsp3) is 0.167. The van der Waals surface area contributed by atoms with Crippen molar-refractivity contribution >= 4 is 0 Å². The van der Waals surface area contributed by atoms with Gasteiger partial charge >= 0.3 is 26.2 Å². The Labute approximate surface area is 190 Å². The number of alkyl halides is 2. The summed E-state index contributed by atoms with van der Waals surface area (Å²) in [5.74, 6) is 0.347. The van der Waals surface area contributed by atoms with Crippen LogP contribution in [0.3, 0.4) is 0 Å². The number of phenols is 2. The zero-order valence-electron chi connectivity index (χ0n) is 16.1. The van der Waals surface area contributed by atoms with Crippen molar-refractivity contribution in [3.8, 4) is 11.5 Å². The van der Waals surface area contributed by atoms with Gasteiger partial charge < -0.3 is 10.2 Å². The minimum Gasteiger partial charge on any atom is -0.508 e. The van der Waals surface area contributed by atoms with Crippen molar-refractivity contribution in [1.29, 1.82) is 0 Å². The van der Waals surface area contributed by atoms with E-state index in [9.17, 15) is 8.78 Å². The van der Waals surface area contributed by atoms with Crippen molar-refractivity contribution in [2.75, 3.05) is 0 Å². The van der Waals surface area contributed by atoms with Gasteiger partial charge in [-0.15, -0.1) is 12.8 Å². The normalized spacial score (nSPS) is 11.9. The maximum atomic E-state index is 11.8. The Kier molecular flexibility index (Phi) is 16.4. The van der Waals surface area contributed by atoms with E-state index in [1.807, 2.05) is 24.3 Å². The molecule has 0 heterocycles. The molecule has 2 aliphatic rings. The van der Waals surface area contributed by atoms with Gasteiger partial charge in [0.15, 0.2) is 0 Å². The van der Waals surface area contributed by atoms with Gasteiger partial charge in [-0.05, 0) is 35.4 Å². The zero-order chi connectivity index (χ0) is 20.5. The minimum atomic E-state index is -0.472. The van der Waals surface area contributed by atoms with Crippen molar-refractivity contribution in [2.24, 2.45) is 0 Å². The number of phenolic OH excluding ortho intramolecular Hbond substituents is 2. The number of aromatic hydroxyl groups is 2. The number of hydrogen-bond acceptors (Lipinski definition) is 2. The topological polar surface area (TPSA) is 40.5 Å². The van der Waals surface area contributed by atoms with Crippen molar-refractivity contribution in [2.45, 2.75) is 26.2 Å². The van der Waals surface area contributed by atoms with Gasteiger partial charge in [0.05, 0.1) is 0 Å². The van der Waals surface area contributed by atoms with Gasteiger partial charge in [-0.1, -0.05) is 24.3 Å². The third-order valence-electron chi connectivity index (χ3n) is 3.35. The Hall–Kier alpha value is -2.26. The minimum absolute atomic E-state index is 0. The summed E-state index contributed by atoms with van der Waals surface area (Å²) in [5, 5.41) is 17.5. The van der Waals surface area contributed by atoms with E-state index in [2.05, 4.69) is 24.3 Å². The predicted octanol–water partition coefficient (Wildman–Crippen LogP) is 6.33.